The van der Waals surface area contributed by atoms with E-state index in [1.807, 2.05) is 58.3 Å². The van der Waals surface area contributed by atoms with Crippen LogP contribution in [0.1, 0.15) is 25.0 Å². The van der Waals surface area contributed by atoms with Crippen molar-refractivity contribution in [3.8, 4) is 0 Å². The molecule has 114 valence electrons. The molecule has 0 atom stereocenters. The van der Waals surface area contributed by atoms with Crippen LogP contribution in [0.3, 0.4) is 0 Å². The number of benzene rings is 1. The van der Waals surface area contributed by atoms with Crippen molar-refractivity contribution in [1.29, 1.82) is 0 Å². The summed E-state index contributed by atoms with van der Waals surface area (Å²) in [4.78, 5) is 6.49. The summed E-state index contributed by atoms with van der Waals surface area (Å²) in [5, 5.41) is 0. The van der Waals surface area contributed by atoms with Crippen LogP contribution < -0.4 is 4.90 Å². The van der Waals surface area contributed by atoms with E-state index in [0.717, 1.165) is 12.4 Å². The summed E-state index contributed by atoms with van der Waals surface area (Å²) < 4.78 is 5.67. The maximum Gasteiger partial charge on any atom is 0.128 e. The standard InChI is InChI=1S/C16H20N2O.C2H6/c1-14-8-9-16(17-12-14)18(2)10-11-19-13-15-6-4-3-5-7-15;1-2/h3-9,12H,10-11,13H2,1-2H3;1-2H3. The van der Waals surface area contributed by atoms with Gasteiger partial charge in [-0.05, 0) is 24.1 Å². The van der Waals surface area contributed by atoms with Crippen LogP contribution in [0.4, 0.5) is 5.82 Å². The highest BCUT2D eigenvalue weighted by Gasteiger charge is 2.01. The van der Waals surface area contributed by atoms with Crippen LogP contribution in [0.25, 0.3) is 0 Å². The number of pyridine rings is 1. The van der Waals surface area contributed by atoms with Crippen molar-refractivity contribution in [2.24, 2.45) is 0 Å². The SMILES string of the molecule is CC.Cc1ccc(N(C)CCOCc2ccccc2)nc1. The Hall–Kier alpha value is -1.87. The zero-order valence-electron chi connectivity index (χ0n) is 13.5. The second kappa shape index (κ2) is 9.94. The molecule has 2 aromatic rings. The lowest BCUT2D eigenvalue weighted by molar-refractivity contribution is 0.127. The topological polar surface area (TPSA) is 25.4 Å². The first-order chi connectivity index (χ1) is 10.3. The number of anilines is 1. The predicted molar refractivity (Wildman–Crippen MR) is 89.7 cm³/mol. The molecule has 1 aromatic carbocycles. The van der Waals surface area contributed by atoms with Gasteiger partial charge in [-0.2, -0.15) is 0 Å². The Balaban J connectivity index is 0.00000106. The first-order valence-electron chi connectivity index (χ1n) is 7.51. The third-order valence-corrected chi connectivity index (χ3v) is 2.97. The maximum atomic E-state index is 5.67. The summed E-state index contributed by atoms with van der Waals surface area (Å²) in [6, 6.07) is 14.3. The molecule has 0 N–H and O–H groups in total. The smallest absolute Gasteiger partial charge is 0.128 e. The van der Waals surface area contributed by atoms with Crippen molar-refractivity contribution < 1.29 is 4.74 Å². The molecule has 1 aromatic heterocycles. The first kappa shape index (κ1) is 17.2. The van der Waals surface area contributed by atoms with E-state index >= 15 is 0 Å². The predicted octanol–water partition coefficient (Wildman–Crippen LogP) is 4.07. The van der Waals surface area contributed by atoms with Crippen LogP contribution in [0.15, 0.2) is 48.7 Å². The highest BCUT2D eigenvalue weighted by Crippen LogP contribution is 2.08. The zero-order chi connectivity index (χ0) is 15.5. The molecule has 0 aliphatic heterocycles. The minimum atomic E-state index is 0.663. The largest absolute Gasteiger partial charge is 0.375 e. The van der Waals surface area contributed by atoms with Gasteiger partial charge in [0.2, 0.25) is 0 Å². The number of hydrogen-bond donors (Lipinski definition) is 0. The average Bonchev–Trinajstić information content (AvgIpc) is 2.55. The molecule has 0 bridgehead atoms. The molecule has 21 heavy (non-hydrogen) atoms. The van der Waals surface area contributed by atoms with Crippen LogP contribution in [-0.4, -0.2) is 25.2 Å². The number of rotatable bonds is 6. The van der Waals surface area contributed by atoms with Gasteiger partial charge in [0, 0.05) is 19.8 Å². The molecule has 0 radical (unpaired) electrons. The van der Waals surface area contributed by atoms with E-state index in [1.54, 1.807) is 0 Å². The number of ether oxygens (including phenoxy) is 1. The number of likely N-dealkylation sites (N-methyl/N-ethyl adjacent to an activating group) is 1. The quantitative estimate of drug-likeness (QED) is 0.749. The normalized spacial score (nSPS) is 9.71. The van der Waals surface area contributed by atoms with E-state index in [1.165, 1.54) is 11.1 Å². The van der Waals surface area contributed by atoms with E-state index < -0.39 is 0 Å². The Morgan fingerprint density at radius 1 is 1.05 bits per heavy atom. The molecule has 0 saturated heterocycles. The lowest BCUT2D eigenvalue weighted by Crippen LogP contribution is -2.23. The molecule has 0 aliphatic rings. The number of nitrogens with zero attached hydrogens (tertiary/aromatic N) is 2. The van der Waals surface area contributed by atoms with E-state index in [9.17, 15) is 0 Å². The Morgan fingerprint density at radius 2 is 1.76 bits per heavy atom. The fraction of sp³-hybridized carbons (Fsp3) is 0.389. The zero-order valence-corrected chi connectivity index (χ0v) is 13.5. The van der Waals surface area contributed by atoms with E-state index in [0.29, 0.717) is 13.2 Å². The highest BCUT2D eigenvalue weighted by atomic mass is 16.5. The molecule has 3 heteroatoms. The molecule has 0 amide bonds. The van der Waals surface area contributed by atoms with Gasteiger partial charge in [-0.1, -0.05) is 50.2 Å². The van der Waals surface area contributed by atoms with Crippen molar-refractivity contribution in [2.45, 2.75) is 27.4 Å². The summed E-state index contributed by atoms with van der Waals surface area (Å²) >= 11 is 0. The lowest BCUT2D eigenvalue weighted by Gasteiger charge is -2.18. The highest BCUT2D eigenvalue weighted by molar-refractivity contribution is 5.37. The molecule has 0 spiro atoms. The Kier molecular flexibility index (Phi) is 8.14. The van der Waals surface area contributed by atoms with E-state index in [4.69, 9.17) is 4.74 Å². The van der Waals surface area contributed by atoms with Gasteiger partial charge in [-0.3, -0.25) is 0 Å². The van der Waals surface area contributed by atoms with Crippen molar-refractivity contribution in [3.05, 3.63) is 59.8 Å². The van der Waals surface area contributed by atoms with Crippen LogP contribution in [0.2, 0.25) is 0 Å². The fourth-order valence-corrected chi connectivity index (χ4v) is 1.77. The third kappa shape index (κ3) is 6.41. The first-order valence-corrected chi connectivity index (χ1v) is 7.51. The number of hydrogen-bond acceptors (Lipinski definition) is 3. The molecule has 0 saturated carbocycles. The summed E-state index contributed by atoms with van der Waals surface area (Å²) in [6.07, 6.45) is 1.89. The van der Waals surface area contributed by atoms with Crippen molar-refractivity contribution in [1.82, 2.24) is 4.98 Å². The van der Waals surface area contributed by atoms with Gasteiger partial charge in [-0.25, -0.2) is 4.98 Å². The molecular weight excluding hydrogens is 260 g/mol. The van der Waals surface area contributed by atoms with Gasteiger partial charge in [0.25, 0.3) is 0 Å². The minimum absolute atomic E-state index is 0.663. The van der Waals surface area contributed by atoms with Gasteiger partial charge in [-0.15, -0.1) is 0 Å². The van der Waals surface area contributed by atoms with Crippen molar-refractivity contribution >= 4 is 5.82 Å². The van der Waals surface area contributed by atoms with Crippen molar-refractivity contribution in [3.63, 3.8) is 0 Å². The maximum absolute atomic E-state index is 5.67. The Labute approximate surface area is 128 Å². The molecule has 2 rings (SSSR count). The van der Waals surface area contributed by atoms with Gasteiger partial charge in [0.15, 0.2) is 0 Å². The van der Waals surface area contributed by atoms with E-state index in [2.05, 4.69) is 28.1 Å². The summed E-state index contributed by atoms with van der Waals surface area (Å²) in [5.74, 6) is 0.980. The fourth-order valence-electron chi connectivity index (χ4n) is 1.77. The third-order valence-electron chi connectivity index (χ3n) is 2.97. The Morgan fingerprint density at radius 3 is 2.38 bits per heavy atom. The van der Waals surface area contributed by atoms with Gasteiger partial charge in [0.1, 0.15) is 5.82 Å². The number of aryl methyl sites for hydroxylation is 1. The average molecular weight is 286 g/mol. The second-order valence-electron chi connectivity index (χ2n) is 4.65. The van der Waals surface area contributed by atoms with Gasteiger partial charge >= 0.3 is 0 Å². The van der Waals surface area contributed by atoms with E-state index in [-0.39, 0.29) is 0 Å². The summed E-state index contributed by atoms with van der Waals surface area (Å²) in [6.45, 7) is 8.24. The van der Waals surface area contributed by atoms with Gasteiger partial charge in [0.05, 0.1) is 13.2 Å². The molecular formula is C18H26N2O. The Bertz CT molecular complexity index is 482. The second-order valence-corrected chi connectivity index (χ2v) is 4.65. The molecule has 0 fully saturated rings. The van der Waals surface area contributed by atoms with Crippen LogP contribution in [0, 0.1) is 6.92 Å². The van der Waals surface area contributed by atoms with Gasteiger partial charge < -0.3 is 9.64 Å². The number of aromatic nitrogens is 1. The minimum Gasteiger partial charge on any atom is -0.375 e. The monoisotopic (exact) mass is 286 g/mol. The van der Waals surface area contributed by atoms with Crippen LogP contribution in [-0.2, 0) is 11.3 Å². The molecule has 0 unspecified atom stereocenters. The summed E-state index contributed by atoms with van der Waals surface area (Å²) in [5.41, 5.74) is 2.39. The van der Waals surface area contributed by atoms with Crippen LogP contribution >= 0.6 is 0 Å². The lowest BCUT2D eigenvalue weighted by atomic mass is 10.2. The molecule has 3 nitrogen and oxygen atoms in total. The molecule has 0 aliphatic carbocycles. The molecule has 1 heterocycles. The summed E-state index contributed by atoms with van der Waals surface area (Å²) in [7, 11) is 2.03. The van der Waals surface area contributed by atoms with Crippen molar-refractivity contribution in [2.75, 3.05) is 25.1 Å². The van der Waals surface area contributed by atoms with Crippen LogP contribution in [0.5, 0.6) is 0 Å².